The van der Waals surface area contributed by atoms with Crippen LogP contribution in [0.25, 0.3) is 6.08 Å². The van der Waals surface area contributed by atoms with Gasteiger partial charge in [0.1, 0.15) is 0 Å². The van der Waals surface area contributed by atoms with Gasteiger partial charge in [-0.15, -0.1) is 11.3 Å². The van der Waals surface area contributed by atoms with Crippen LogP contribution in [0.15, 0.2) is 23.1 Å². The maximum atomic E-state index is 12.0. The Balaban J connectivity index is 2.03. The molecule has 1 aromatic rings. The van der Waals surface area contributed by atoms with Crippen molar-refractivity contribution in [3.63, 3.8) is 0 Å². The predicted molar refractivity (Wildman–Crippen MR) is 65.4 cm³/mol. The maximum Gasteiger partial charge on any atom is 0.249 e. The van der Waals surface area contributed by atoms with Crippen LogP contribution in [0.2, 0.25) is 0 Å². The molecule has 16 heavy (non-hydrogen) atoms. The molecule has 3 nitrogen and oxygen atoms in total. The number of amides is 1. The van der Waals surface area contributed by atoms with Crippen LogP contribution in [0.3, 0.4) is 0 Å². The standard InChI is InChI=1S/C12H15NO2S/c1-10(9-11-3-2-8-16-11)12(14)13-4-6-15-7-5-13/h2-3,8-9H,4-7H2,1H3/b10-9+. The fourth-order valence-electron chi connectivity index (χ4n) is 1.66. The Morgan fingerprint density at radius 2 is 2.25 bits per heavy atom. The number of carbonyl (C=O) groups excluding carboxylic acids is 1. The van der Waals surface area contributed by atoms with Crippen LogP contribution in [0.4, 0.5) is 0 Å². The summed E-state index contributed by atoms with van der Waals surface area (Å²) in [5, 5.41) is 2.01. The van der Waals surface area contributed by atoms with E-state index in [1.54, 1.807) is 11.3 Å². The highest BCUT2D eigenvalue weighted by atomic mass is 32.1. The number of hydrogen-bond donors (Lipinski definition) is 0. The molecule has 0 bridgehead atoms. The molecule has 1 aliphatic rings. The Bertz CT molecular complexity index is 378. The first kappa shape index (κ1) is 11.4. The molecule has 1 saturated heterocycles. The van der Waals surface area contributed by atoms with Crippen LogP contribution >= 0.6 is 11.3 Å². The average Bonchev–Trinajstić information content (AvgIpc) is 2.82. The van der Waals surface area contributed by atoms with Crippen molar-refractivity contribution in [3.05, 3.63) is 28.0 Å². The molecule has 0 atom stereocenters. The first-order chi connectivity index (χ1) is 7.77. The third kappa shape index (κ3) is 2.71. The molecule has 0 aliphatic carbocycles. The number of nitrogens with zero attached hydrogens (tertiary/aromatic N) is 1. The molecule has 0 radical (unpaired) electrons. The number of ether oxygens (including phenoxy) is 1. The molecule has 0 unspecified atom stereocenters. The van der Waals surface area contributed by atoms with Crippen molar-refractivity contribution in [1.82, 2.24) is 4.90 Å². The fraction of sp³-hybridized carbons (Fsp3) is 0.417. The summed E-state index contributed by atoms with van der Waals surface area (Å²) in [4.78, 5) is 15.0. The molecular weight excluding hydrogens is 222 g/mol. The minimum atomic E-state index is 0.122. The van der Waals surface area contributed by atoms with E-state index in [2.05, 4.69) is 0 Å². The summed E-state index contributed by atoms with van der Waals surface area (Å²) in [6, 6.07) is 4.00. The van der Waals surface area contributed by atoms with Gasteiger partial charge >= 0.3 is 0 Å². The highest BCUT2D eigenvalue weighted by molar-refractivity contribution is 7.10. The van der Waals surface area contributed by atoms with Crippen molar-refractivity contribution in [2.45, 2.75) is 6.92 Å². The van der Waals surface area contributed by atoms with Crippen LogP contribution in [-0.4, -0.2) is 37.1 Å². The van der Waals surface area contributed by atoms with Crippen LogP contribution < -0.4 is 0 Å². The van der Waals surface area contributed by atoms with Gasteiger partial charge in [-0.1, -0.05) is 6.07 Å². The molecule has 2 rings (SSSR count). The zero-order valence-electron chi connectivity index (χ0n) is 9.31. The maximum absolute atomic E-state index is 12.0. The first-order valence-corrected chi connectivity index (χ1v) is 6.24. The summed E-state index contributed by atoms with van der Waals surface area (Å²) in [5.41, 5.74) is 0.796. The van der Waals surface area contributed by atoms with E-state index >= 15 is 0 Å². The minimum Gasteiger partial charge on any atom is -0.378 e. The molecular formula is C12H15NO2S. The highest BCUT2D eigenvalue weighted by Gasteiger charge is 2.17. The van der Waals surface area contributed by atoms with E-state index in [0.29, 0.717) is 26.3 Å². The molecule has 1 amide bonds. The van der Waals surface area contributed by atoms with Gasteiger partial charge in [0.05, 0.1) is 13.2 Å². The van der Waals surface area contributed by atoms with E-state index in [1.165, 1.54) is 0 Å². The van der Waals surface area contributed by atoms with Gasteiger partial charge in [-0.25, -0.2) is 0 Å². The predicted octanol–water partition coefficient (Wildman–Crippen LogP) is 2.01. The average molecular weight is 237 g/mol. The largest absolute Gasteiger partial charge is 0.378 e. The number of thiophene rings is 1. The van der Waals surface area contributed by atoms with E-state index in [-0.39, 0.29) is 5.91 Å². The van der Waals surface area contributed by atoms with Crippen LogP contribution in [0.1, 0.15) is 11.8 Å². The zero-order chi connectivity index (χ0) is 11.4. The normalized spacial score (nSPS) is 17.6. The Labute approximate surface area is 99.3 Å². The summed E-state index contributed by atoms with van der Waals surface area (Å²) in [7, 11) is 0. The monoisotopic (exact) mass is 237 g/mol. The Hall–Kier alpha value is -1.13. The van der Waals surface area contributed by atoms with Gasteiger partial charge in [-0.2, -0.15) is 0 Å². The Kier molecular flexibility index (Phi) is 3.74. The molecule has 1 fully saturated rings. The van der Waals surface area contributed by atoms with Gasteiger partial charge in [0.25, 0.3) is 0 Å². The Morgan fingerprint density at radius 3 is 2.88 bits per heavy atom. The van der Waals surface area contributed by atoms with Crippen LogP contribution in [0.5, 0.6) is 0 Å². The molecule has 0 N–H and O–H groups in total. The van der Waals surface area contributed by atoms with E-state index in [0.717, 1.165) is 10.5 Å². The van der Waals surface area contributed by atoms with Crippen molar-refractivity contribution >= 4 is 23.3 Å². The van der Waals surface area contributed by atoms with E-state index in [4.69, 9.17) is 4.74 Å². The van der Waals surface area contributed by atoms with Gasteiger partial charge in [-0.3, -0.25) is 4.79 Å². The SMILES string of the molecule is C/C(=C\c1cccs1)C(=O)N1CCOCC1. The first-order valence-electron chi connectivity index (χ1n) is 5.36. The number of carbonyl (C=O) groups is 1. The van der Waals surface area contributed by atoms with Gasteiger partial charge < -0.3 is 9.64 Å². The Morgan fingerprint density at radius 1 is 1.50 bits per heavy atom. The smallest absolute Gasteiger partial charge is 0.249 e. The lowest BCUT2D eigenvalue weighted by Gasteiger charge is -2.27. The molecule has 1 aliphatic heterocycles. The van der Waals surface area contributed by atoms with Gasteiger partial charge in [0.2, 0.25) is 5.91 Å². The summed E-state index contributed by atoms with van der Waals surface area (Å²) in [5.74, 6) is 0.122. The molecule has 0 spiro atoms. The highest BCUT2D eigenvalue weighted by Crippen LogP contribution is 2.15. The quantitative estimate of drug-likeness (QED) is 0.736. The van der Waals surface area contributed by atoms with Crippen molar-refractivity contribution in [1.29, 1.82) is 0 Å². The molecule has 4 heteroatoms. The number of morpholine rings is 1. The fourth-order valence-corrected chi connectivity index (χ4v) is 2.38. The van der Waals surface area contributed by atoms with Gasteiger partial charge in [-0.05, 0) is 24.4 Å². The third-order valence-electron chi connectivity index (χ3n) is 2.54. The molecule has 0 saturated carbocycles. The minimum absolute atomic E-state index is 0.122. The van der Waals surface area contributed by atoms with E-state index in [1.807, 2.05) is 35.4 Å². The molecule has 86 valence electrons. The van der Waals surface area contributed by atoms with Crippen molar-refractivity contribution in [3.8, 4) is 0 Å². The zero-order valence-corrected chi connectivity index (χ0v) is 10.1. The second kappa shape index (κ2) is 5.27. The van der Waals surface area contributed by atoms with E-state index in [9.17, 15) is 4.79 Å². The molecule has 1 aromatic heterocycles. The summed E-state index contributed by atoms with van der Waals surface area (Å²) < 4.78 is 5.22. The lowest BCUT2D eigenvalue weighted by atomic mass is 10.2. The van der Waals surface area contributed by atoms with Gasteiger partial charge in [0.15, 0.2) is 0 Å². The lowest BCUT2D eigenvalue weighted by Crippen LogP contribution is -2.41. The van der Waals surface area contributed by atoms with Crippen molar-refractivity contribution < 1.29 is 9.53 Å². The van der Waals surface area contributed by atoms with Crippen molar-refractivity contribution in [2.75, 3.05) is 26.3 Å². The molecule has 2 heterocycles. The topological polar surface area (TPSA) is 29.5 Å². The summed E-state index contributed by atoms with van der Waals surface area (Å²) in [6.07, 6.45) is 1.95. The molecule has 0 aromatic carbocycles. The summed E-state index contributed by atoms with van der Waals surface area (Å²) >= 11 is 1.64. The van der Waals surface area contributed by atoms with Crippen LogP contribution in [0, 0.1) is 0 Å². The third-order valence-corrected chi connectivity index (χ3v) is 3.36. The number of rotatable bonds is 2. The van der Waals surface area contributed by atoms with Gasteiger partial charge in [0, 0.05) is 23.5 Å². The van der Waals surface area contributed by atoms with E-state index < -0.39 is 0 Å². The second-order valence-corrected chi connectivity index (χ2v) is 4.73. The van der Waals surface area contributed by atoms with Crippen molar-refractivity contribution in [2.24, 2.45) is 0 Å². The lowest BCUT2D eigenvalue weighted by molar-refractivity contribution is -0.130. The summed E-state index contributed by atoms with van der Waals surface area (Å²) in [6.45, 7) is 4.58. The number of hydrogen-bond acceptors (Lipinski definition) is 3. The van der Waals surface area contributed by atoms with Crippen LogP contribution in [-0.2, 0) is 9.53 Å². The second-order valence-electron chi connectivity index (χ2n) is 3.75.